The highest BCUT2D eigenvalue weighted by atomic mass is 79.9. The number of halogens is 5. The summed E-state index contributed by atoms with van der Waals surface area (Å²) in [6.07, 6.45) is 0. The molecule has 0 fully saturated rings. The summed E-state index contributed by atoms with van der Waals surface area (Å²) in [6, 6.07) is 14.4. The Morgan fingerprint density at radius 3 is 2.47 bits per heavy atom. The van der Waals surface area contributed by atoms with Gasteiger partial charge in [0, 0.05) is 22.3 Å². The Kier molecular flexibility index (Phi) is 4.61. The van der Waals surface area contributed by atoms with Gasteiger partial charge >= 0.3 is 0 Å². The molecule has 1 aliphatic rings. The number of hydrogen-bond donors (Lipinski definition) is 1. The SMILES string of the molecule is O=C1Nc2ccc(-n3c(-c4ccc(F)cc4)c(Br)c4ccc(F)nc43)cc2C1(Br)Br. The van der Waals surface area contributed by atoms with Gasteiger partial charge in [-0.15, -0.1) is 0 Å². The van der Waals surface area contributed by atoms with Crippen LogP contribution in [0.4, 0.5) is 14.5 Å². The largest absolute Gasteiger partial charge is 0.323 e. The van der Waals surface area contributed by atoms with Gasteiger partial charge in [-0.05, 0) is 76.1 Å². The topological polar surface area (TPSA) is 46.9 Å². The molecule has 5 rings (SSSR count). The number of benzene rings is 2. The molecule has 0 atom stereocenters. The van der Waals surface area contributed by atoms with Crippen LogP contribution in [-0.4, -0.2) is 15.5 Å². The molecule has 0 radical (unpaired) electrons. The first-order chi connectivity index (χ1) is 14.3. The summed E-state index contributed by atoms with van der Waals surface area (Å²) in [6.45, 7) is 0. The molecule has 3 heterocycles. The number of anilines is 1. The smallest absolute Gasteiger partial charge is 0.256 e. The molecule has 150 valence electrons. The van der Waals surface area contributed by atoms with E-state index in [9.17, 15) is 13.6 Å². The van der Waals surface area contributed by atoms with E-state index in [0.717, 1.165) is 5.56 Å². The van der Waals surface area contributed by atoms with Crippen molar-refractivity contribution >= 4 is 70.4 Å². The lowest BCUT2D eigenvalue weighted by Gasteiger charge is -2.15. The summed E-state index contributed by atoms with van der Waals surface area (Å²) < 4.78 is 29.0. The maximum absolute atomic E-state index is 14.1. The Labute approximate surface area is 194 Å². The zero-order chi connectivity index (χ0) is 21.2. The number of alkyl halides is 2. The maximum Gasteiger partial charge on any atom is 0.256 e. The molecular formula is C21H10Br3F2N3O. The van der Waals surface area contributed by atoms with Crippen molar-refractivity contribution in [1.82, 2.24) is 9.55 Å². The third kappa shape index (κ3) is 2.94. The predicted octanol–water partition coefficient (Wildman–Crippen LogP) is 6.63. The van der Waals surface area contributed by atoms with Gasteiger partial charge in [0.2, 0.25) is 5.95 Å². The van der Waals surface area contributed by atoms with E-state index in [2.05, 4.69) is 58.1 Å². The molecule has 2 aromatic carbocycles. The number of pyridine rings is 1. The molecule has 0 aliphatic carbocycles. The van der Waals surface area contributed by atoms with Gasteiger partial charge in [-0.3, -0.25) is 9.36 Å². The fraction of sp³-hybridized carbons (Fsp3) is 0.0476. The van der Waals surface area contributed by atoms with Crippen molar-refractivity contribution in [2.75, 3.05) is 5.32 Å². The van der Waals surface area contributed by atoms with Crippen molar-refractivity contribution in [3.63, 3.8) is 0 Å². The standard InChI is InChI=1S/C21H10Br3F2N3O/c22-17-13-6-8-16(26)28-19(13)29(18(17)10-1-3-11(25)4-2-10)12-5-7-15-14(9-12)21(23,24)20(30)27-15/h1-9H,(H,27,30). The monoisotopic (exact) mass is 595 g/mol. The average Bonchev–Trinajstić information content (AvgIpc) is 3.12. The predicted molar refractivity (Wildman–Crippen MR) is 122 cm³/mol. The first-order valence-corrected chi connectivity index (χ1v) is 11.1. The van der Waals surface area contributed by atoms with Crippen LogP contribution in [0.25, 0.3) is 28.0 Å². The van der Waals surface area contributed by atoms with E-state index >= 15 is 0 Å². The third-order valence-electron chi connectivity index (χ3n) is 4.97. The lowest BCUT2D eigenvalue weighted by molar-refractivity contribution is -0.115. The van der Waals surface area contributed by atoms with Crippen molar-refractivity contribution in [3.8, 4) is 16.9 Å². The van der Waals surface area contributed by atoms with Crippen LogP contribution in [0.3, 0.4) is 0 Å². The van der Waals surface area contributed by atoms with Crippen molar-refractivity contribution in [2.24, 2.45) is 0 Å². The van der Waals surface area contributed by atoms with Gasteiger partial charge in [-0.2, -0.15) is 4.39 Å². The molecule has 0 unspecified atom stereocenters. The summed E-state index contributed by atoms with van der Waals surface area (Å²) in [5.74, 6) is -1.21. The number of carbonyl (C=O) groups excluding carboxylic acids is 1. The third-order valence-corrected chi connectivity index (χ3v) is 7.35. The van der Waals surface area contributed by atoms with E-state index in [1.165, 1.54) is 18.2 Å². The molecule has 1 amide bonds. The fourth-order valence-corrected chi connectivity index (χ4v) is 5.15. The van der Waals surface area contributed by atoms with Crippen LogP contribution in [0.15, 0.2) is 59.1 Å². The van der Waals surface area contributed by atoms with E-state index < -0.39 is 9.18 Å². The van der Waals surface area contributed by atoms with Crippen LogP contribution in [0.5, 0.6) is 0 Å². The lowest BCUT2D eigenvalue weighted by atomic mass is 10.1. The van der Waals surface area contributed by atoms with E-state index in [1.807, 2.05) is 12.1 Å². The minimum absolute atomic E-state index is 0.240. The number of hydrogen-bond acceptors (Lipinski definition) is 2. The van der Waals surface area contributed by atoms with Gasteiger partial charge in [0.1, 0.15) is 11.5 Å². The number of rotatable bonds is 2. The zero-order valence-electron chi connectivity index (χ0n) is 14.9. The van der Waals surface area contributed by atoms with Gasteiger partial charge in [-0.1, -0.05) is 31.9 Å². The Hall–Kier alpha value is -2.10. The van der Waals surface area contributed by atoms with E-state index in [4.69, 9.17) is 0 Å². The van der Waals surface area contributed by atoms with E-state index in [1.54, 1.807) is 28.8 Å². The number of amides is 1. The molecule has 2 aromatic heterocycles. The molecule has 1 N–H and O–H groups in total. The summed E-state index contributed by atoms with van der Waals surface area (Å²) in [7, 11) is 0. The van der Waals surface area contributed by atoms with Crippen molar-refractivity contribution in [2.45, 2.75) is 3.23 Å². The lowest BCUT2D eigenvalue weighted by Crippen LogP contribution is -2.20. The number of carbonyl (C=O) groups is 1. The minimum atomic E-state index is -1.07. The van der Waals surface area contributed by atoms with E-state index in [0.29, 0.717) is 38.1 Å². The fourth-order valence-electron chi connectivity index (χ4n) is 3.58. The van der Waals surface area contributed by atoms with Crippen LogP contribution in [0.2, 0.25) is 0 Å². The van der Waals surface area contributed by atoms with Gasteiger partial charge in [0.15, 0.2) is 3.23 Å². The summed E-state index contributed by atoms with van der Waals surface area (Å²) in [5.41, 5.74) is 3.82. The Balaban J connectivity index is 1.84. The quantitative estimate of drug-likeness (QED) is 0.208. The molecule has 4 nitrogen and oxygen atoms in total. The average molecular weight is 598 g/mol. The molecule has 1 aliphatic heterocycles. The highest BCUT2D eigenvalue weighted by Crippen LogP contribution is 2.49. The molecule has 0 saturated heterocycles. The van der Waals surface area contributed by atoms with Crippen molar-refractivity contribution in [1.29, 1.82) is 0 Å². The Bertz CT molecular complexity index is 1350. The summed E-state index contributed by atoms with van der Waals surface area (Å²) in [4.78, 5) is 16.4. The van der Waals surface area contributed by atoms with Crippen LogP contribution in [-0.2, 0) is 8.03 Å². The van der Waals surface area contributed by atoms with Crippen LogP contribution in [0.1, 0.15) is 5.56 Å². The molecule has 9 heteroatoms. The molecule has 0 spiro atoms. The molecule has 0 saturated carbocycles. The number of nitrogens with one attached hydrogen (secondary N) is 1. The van der Waals surface area contributed by atoms with Gasteiger partial charge in [0.25, 0.3) is 5.91 Å². The summed E-state index contributed by atoms with van der Waals surface area (Å²) in [5, 5.41) is 3.50. The van der Waals surface area contributed by atoms with Crippen LogP contribution >= 0.6 is 47.8 Å². The second kappa shape index (κ2) is 6.96. The summed E-state index contributed by atoms with van der Waals surface area (Å²) >= 11 is 10.5. The molecular weight excluding hydrogens is 588 g/mol. The van der Waals surface area contributed by atoms with Gasteiger partial charge in [0.05, 0.1) is 10.2 Å². The second-order valence-corrected chi connectivity index (χ2v) is 11.0. The first kappa shape index (κ1) is 19.8. The Morgan fingerprint density at radius 2 is 1.73 bits per heavy atom. The van der Waals surface area contributed by atoms with E-state index in [-0.39, 0.29) is 11.7 Å². The zero-order valence-corrected chi connectivity index (χ0v) is 19.6. The number of aromatic nitrogens is 2. The molecule has 0 bridgehead atoms. The second-order valence-electron chi connectivity index (χ2n) is 6.77. The highest BCUT2D eigenvalue weighted by Gasteiger charge is 2.42. The minimum Gasteiger partial charge on any atom is -0.323 e. The van der Waals surface area contributed by atoms with Crippen molar-refractivity contribution in [3.05, 3.63) is 76.4 Å². The van der Waals surface area contributed by atoms with Gasteiger partial charge in [-0.25, -0.2) is 9.37 Å². The van der Waals surface area contributed by atoms with Crippen LogP contribution in [0, 0.1) is 11.8 Å². The van der Waals surface area contributed by atoms with Crippen LogP contribution < -0.4 is 5.32 Å². The molecule has 4 aromatic rings. The first-order valence-electron chi connectivity index (χ1n) is 8.74. The number of nitrogens with zero attached hydrogens (tertiary/aromatic N) is 2. The number of fused-ring (bicyclic) bond motifs is 2. The van der Waals surface area contributed by atoms with Gasteiger partial charge < -0.3 is 5.32 Å². The van der Waals surface area contributed by atoms with Crippen molar-refractivity contribution < 1.29 is 13.6 Å². The normalized spacial score (nSPS) is 14.8. The Morgan fingerprint density at radius 1 is 1.00 bits per heavy atom. The molecule has 30 heavy (non-hydrogen) atoms. The highest BCUT2D eigenvalue weighted by molar-refractivity contribution is 9.25. The maximum atomic E-state index is 14.1.